The van der Waals surface area contributed by atoms with E-state index in [2.05, 4.69) is 11.8 Å². The van der Waals surface area contributed by atoms with Gasteiger partial charge in [-0.25, -0.2) is 0 Å². The van der Waals surface area contributed by atoms with Crippen LogP contribution >= 0.6 is 0 Å². The van der Waals surface area contributed by atoms with Gasteiger partial charge in [-0.3, -0.25) is 0 Å². The summed E-state index contributed by atoms with van der Waals surface area (Å²) in [4.78, 5) is 2.33. The van der Waals surface area contributed by atoms with Gasteiger partial charge in [0.2, 0.25) is 0 Å². The van der Waals surface area contributed by atoms with Gasteiger partial charge in [0.1, 0.15) is 0 Å². The first-order valence-electron chi connectivity index (χ1n) is 6.19. The minimum Gasteiger partial charge on any atom is -0.389 e. The van der Waals surface area contributed by atoms with Crippen LogP contribution < -0.4 is 0 Å². The number of aliphatic hydroxyl groups excluding tert-OH is 1. The van der Waals surface area contributed by atoms with E-state index < -0.39 is 0 Å². The highest BCUT2D eigenvalue weighted by Gasteiger charge is 2.18. The number of β-amino-alcohol motifs (C(OH)–C–C–N with tert-alkyl or cyclic N) is 1. The van der Waals surface area contributed by atoms with Crippen molar-refractivity contribution < 1.29 is 14.6 Å². The second-order valence-electron chi connectivity index (χ2n) is 4.73. The lowest BCUT2D eigenvalue weighted by molar-refractivity contribution is -0.00517. The van der Waals surface area contributed by atoms with Gasteiger partial charge in [-0.2, -0.15) is 0 Å². The Bertz CT molecular complexity index is 178. The smallest absolute Gasteiger partial charge is 0.0900 e. The third kappa shape index (κ3) is 5.80. The molecule has 0 saturated carbocycles. The van der Waals surface area contributed by atoms with E-state index in [1.165, 1.54) is 12.8 Å². The molecule has 0 amide bonds. The SMILES string of the molecule is COCCOCC(O)CN1CCCC(C)C1. The molecule has 0 aromatic carbocycles. The summed E-state index contributed by atoms with van der Waals surface area (Å²) < 4.78 is 10.2. The highest BCUT2D eigenvalue weighted by molar-refractivity contribution is 4.72. The van der Waals surface area contributed by atoms with Crippen molar-refractivity contribution in [3.8, 4) is 0 Å². The van der Waals surface area contributed by atoms with Crippen LogP contribution in [-0.2, 0) is 9.47 Å². The van der Waals surface area contributed by atoms with Gasteiger partial charge < -0.3 is 19.5 Å². The molecule has 4 nitrogen and oxygen atoms in total. The fourth-order valence-electron chi connectivity index (χ4n) is 2.16. The molecule has 1 rings (SSSR count). The first kappa shape index (κ1) is 13.9. The molecule has 2 unspecified atom stereocenters. The molecule has 1 saturated heterocycles. The van der Waals surface area contributed by atoms with Crippen LogP contribution in [0.5, 0.6) is 0 Å². The molecule has 0 aromatic heterocycles. The molecule has 2 atom stereocenters. The molecule has 0 aliphatic carbocycles. The Balaban J connectivity index is 2.06. The van der Waals surface area contributed by atoms with Crippen molar-refractivity contribution in [1.82, 2.24) is 4.90 Å². The lowest BCUT2D eigenvalue weighted by Gasteiger charge is -2.32. The lowest BCUT2D eigenvalue weighted by Crippen LogP contribution is -2.40. The van der Waals surface area contributed by atoms with Crippen molar-refractivity contribution in [3.05, 3.63) is 0 Å². The first-order valence-corrected chi connectivity index (χ1v) is 6.19. The Morgan fingerprint density at radius 2 is 2.25 bits per heavy atom. The van der Waals surface area contributed by atoms with Crippen LogP contribution in [0.15, 0.2) is 0 Å². The average Bonchev–Trinajstić information content (AvgIpc) is 2.24. The molecule has 1 fully saturated rings. The van der Waals surface area contributed by atoms with E-state index in [4.69, 9.17) is 9.47 Å². The normalized spacial score (nSPS) is 24.6. The summed E-state index contributed by atoms with van der Waals surface area (Å²) in [7, 11) is 1.65. The van der Waals surface area contributed by atoms with E-state index in [9.17, 15) is 5.11 Å². The van der Waals surface area contributed by atoms with Crippen molar-refractivity contribution in [2.45, 2.75) is 25.9 Å². The largest absolute Gasteiger partial charge is 0.389 e. The molecular formula is C12H25NO3. The first-order chi connectivity index (χ1) is 7.72. The zero-order valence-corrected chi connectivity index (χ0v) is 10.5. The van der Waals surface area contributed by atoms with Gasteiger partial charge in [0.05, 0.1) is 25.9 Å². The molecule has 0 spiro atoms. The van der Waals surface area contributed by atoms with Gasteiger partial charge in [-0.15, -0.1) is 0 Å². The third-order valence-corrected chi connectivity index (χ3v) is 2.95. The number of nitrogens with zero attached hydrogens (tertiary/aromatic N) is 1. The summed E-state index contributed by atoms with van der Waals surface area (Å²) >= 11 is 0. The summed E-state index contributed by atoms with van der Waals surface area (Å²) in [5.41, 5.74) is 0. The van der Waals surface area contributed by atoms with Gasteiger partial charge in [-0.1, -0.05) is 6.92 Å². The molecule has 1 N–H and O–H groups in total. The molecule has 0 aromatic rings. The van der Waals surface area contributed by atoms with Crippen molar-refractivity contribution >= 4 is 0 Å². The van der Waals surface area contributed by atoms with E-state index in [1.54, 1.807) is 7.11 Å². The van der Waals surface area contributed by atoms with Crippen LogP contribution in [0.25, 0.3) is 0 Å². The Morgan fingerprint density at radius 3 is 2.94 bits per heavy atom. The molecule has 1 aliphatic heterocycles. The van der Waals surface area contributed by atoms with Crippen LogP contribution in [-0.4, -0.2) is 62.7 Å². The van der Waals surface area contributed by atoms with Gasteiger partial charge in [0, 0.05) is 20.2 Å². The fourth-order valence-corrected chi connectivity index (χ4v) is 2.16. The standard InChI is InChI=1S/C12H25NO3/c1-11-4-3-5-13(8-11)9-12(14)10-16-7-6-15-2/h11-12,14H,3-10H2,1-2H3. The number of aliphatic hydroxyl groups is 1. The number of hydrogen-bond acceptors (Lipinski definition) is 4. The fraction of sp³-hybridized carbons (Fsp3) is 1.00. The monoisotopic (exact) mass is 231 g/mol. The third-order valence-electron chi connectivity index (χ3n) is 2.95. The van der Waals surface area contributed by atoms with Crippen LogP contribution in [0.1, 0.15) is 19.8 Å². The molecule has 96 valence electrons. The van der Waals surface area contributed by atoms with Gasteiger partial charge in [-0.05, 0) is 25.3 Å². The second-order valence-corrected chi connectivity index (χ2v) is 4.73. The predicted molar refractivity (Wildman–Crippen MR) is 63.5 cm³/mol. The molecule has 4 heteroatoms. The van der Waals surface area contributed by atoms with Crippen molar-refractivity contribution in [2.75, 3.05) is 46.6 Å². The van der Waals surface area contributed by atoms with E-state index in [1.807, 2.05) is 0 Å². The van der Waals surface area contributed by atoms with Gasteiger partial charge in [0.15, 0.2) is 0 Å². The van der Waals surface area contributed by atoms with Crippen molar-refractivity contribution in [1.29, 1.82) is 0 Å². The van der Waals surface area contributed by atoms with E-state index in [0.717, 1.165) is 25.6 Å². The second kappa shape index (κ2) is 8.01. The lowest BCUT2D eigenvalue weighted by atomic mass is 10.0. The Labute approximate surface area is 98.5 Å². The summed E-state index contributed by atoms with van der Waals surface area (Å²) in [5, 5.41) is 9.78. The topological polar surface area (TPSA) is 41.9 Å². The zero-order chi connectivity index (χ0) is 11.8. The number of likely N-dealkylation sites (tertiary alicyclic amines) is 1. The van der Waals surface area contributed by atoms with Crippen LogP contribution in [0, 0.1) is 5.92 Å². The van der Waals surface area contributed by atoms with Gasteiger partial charge in [0.25, 0.3) is 0 Å². The maximum atomic E-state index is 9.78. The summed E-state index contributed by atoms with van der Waals surface area (Å²) in [6.07, 6.45) is 2.19. The number of hydrogen-bond donors (Lipinski definition) is 1. The highest BCUT2D eigenvalue weighted by atomic mass is 16.5. The predicted octanol–water partition coefficient (Wildman–Crippen LogP) is 0.742. The molecule has 0 radical (unpaired) electrons. The molecule has 1 heterocycles. The highest BCUT2D eigenvalue weighted by Crippen LogP contribution is 2.15. The van der Waals surface area contributed by atoms with Crippen LogP contribution in [0.2, 0.25) is 0 Å². The number of methoxy groups -OCH3 is 1. The molecule has 16 heavy (non-hydrogen) atoms. The Hall–Kier alpha value is -0.160. The quantitative estimate of drug-likeness (QED) is 0.656. The average molecular weight is 231 g/mol. The molecular weight excluding hydrogens is 206 g/mol. The Kier molecular flexibility index (Phi) is 6.96. The van der Waals surface area contributed by atoms with E-state index in [-0.39, 0.29) is 6.10 Å². The van der Waals surface area contributed by atoms with Crippen LogP contribution in [0.3, 0.4) is 0 Å². The summed E-state index contributed by atoms with van der Waals surface area (Å²) in [6.45, 7) is 6.78. The minimum atomic E-state index is -0.373. The van der Waals surface area contributed by atoms with Crippen LogP contribution in [0.4, 0.5) is 0 Å². The summed E-state index contributed by atoms with van der Waals surface area (Å²) in [6, 6.07) is 0. The molecule has 1 aliphatic rings. The maximum absolute atomic E-state index is 9.78. The van der Waals surface area contributed by atoms with Gasteiger partial charge >= 0.3 is 0 Å². The zero-order valence-electron chi connectivity index (χ0n) is 10.5. The molecule has 0 bridgehead atoms. The van der Waals surface area contributed by atoms with E-state index >= 15 is 0 Å². The number of piperidine rings is 1. The Morgan fingerprint density at radius 1 is 1.44 bits per heavy atom. The number of ether oxygens (including phenoxy) is 2. The van der Waals surface area contributed by atoms with E-state index in [0.29, 0.717) is 19.8 Å². The van der Waals surface area contributed by atoms with Crippen molar-refractivity contribution in [3.63, 3.8) is 0 Å². The maximum Gasteiger partial charge on any atom is 0.0900 e. The van der Waals surface area contributed by atoms with Crippen molar-refractivity contribution in [2.24, 2.45) is 5.92 Å². The summed E-state index contributed by atoms with van der Waals surface area (Å²) in [5.74, 6) is 0.760. The number of rotatable bonds is 7. The minimum absolute atomic E-state index is 0.373.